The first kappa shape index (κ1) is 35.6. The van der Waals surface area contributed by atoms with E-state index in [1.165, 1.54) is 61.0 Å². The van der Waals surface area contributed by atoms with Gasteiger partial charge < -0.3 is 14.5 Å². The maximum Gasteiger partial charge on any atom is 0.159 e. The minimum Gasteiger partial charge on any atom is -0.452 e. The van der Waals surface area contributed by atoms with Gasteiger partial charge in [-0.15, -0.1) is 0 Å². The topological polar surface area (TPSA) is 15.7 Å². The van der Waals surface area contributed by atoms with Crippen molar-refractivity contribution in [1.29, 1.82) is 0 Å². The SMILES string of the molecule is CC1(C)c2ccccc2-c2ccc(N(c3cccc(-c4ccc5c6c4Oc4ccc7ccccc7c4N6c4ccccc4C5(C)C)c3)c3ccccc3-c3ccccc3)cc21. The van der Waals surface area contributed by atoms with Crippen LogP contribution >= 0.6 is 0 Å². The Labute approximate surface area is 357 Å². The molecular formula is C58H44N2O. The molecule has 0 bridgehead atoms. The molecule has 0 spiro atoms. The van der Waals surface area contributed by atoms with E-state index in [4.69, 9.17) is 4.74 Å². The van der Waals surface area contributed by atoms with Crippen molar-refractivity contribution in [2.24, 2.45) is 0 Å². The van der Waals surface area contributed by atoms with Crippen molar-refractivity contribution < 1.29 is 4.74 Å². The van der Waals surface area contributed by atoms with Crippen LogP contribution in [0.2, 0.25) is 0 Å². The summed E-state index contributed by atoms with van der Waals surface area (Å²) in [6.07, 6.45) is 0. The van der Waals surface area contributed by atoms with Gasteiger partial charge in [-0.3, -0.25) is 0 Å². The monoisotopic (exact) mass is 784 g/mol. The quantitative estimate of drug-likeness (QED) is 0.173. The Morgan fingerprint density at radius 3 is 1.95 bits per heavy atom. The van der Waals surface area contributed by atoms with Crippen LogP contribution in [-0.4, -0.2) is 0 Å². The average Bonchev–Trinajstić information content (AvgIpc) is 3.53. The van der Waals surface area contributed by atoms with Crippen LogP contribution in [-0.2, 0) is 10.8 Å². The number of fused-ring (bicyclic) bond motifs is 9. The molecular weight excluding hydrogens is 741 g/mol. The Bertz CT molecular complexity index is 3250. The van der Waals surface area contributed by atoms with Crippen LogP contribution in [0.4, 0.5) is 34.1 Å². The smallest absolute Gasteiger partial charge is 0.159 e. The van der Waals surface area contributed by atoms with Gasteiger partial charge in [0.2, 0.25) is 0 Å². The second-order valence-corrected chi connectivity index (χ2v) is 17.7. The van der Waals surface area contributed by atoms with Crippen molar-refractivity contribution in [2.45, 2.75) is 38.5 Å². The molecule has 3 heteroatoms. The molecule has 61 heavy (non-hydrogen) atoms. The molecule has 1 aliphatic carbocycles. The van der Waals surface area contributed by atoms with Gasteiger partial charge in [0.05, 0.1) is 22.7 Å². The summed E-state index contributed by atoms with van der Waals surface area (Å²) in [6.45, 7) is 9.40. The molecule has 0 N–H and O–H groups in total. The lowest BCUT2D eigenvalue weighted by Crippen LogP contribution is -2.32. The lowest BCUT2D eigenvalue weighted by molar-refractivity contribution is 0.474. The van der Waals surface area contributed by atoms with Crippen LogP contribution in [0.1, 0.15) is 49.9 Å². The van der Waals surface area contributed by atoms with Gasteiger partial charge in [0.15, 0.2) is 11.5 Å². The summed E-state index contributed by atoms with van der Waals surface area (Å²) in [7, 11) is 0. The molecule has 292 valence electrons. The fraction of sp³-hybridized carbons (Fsp3) is 0.103. The highest BCUT2D eigenvalue weighted by Gasteiger charge is 2.43. The second kappa shape index (κ2) is 13.1. The molecule has 0 amide bonds. The van der Waals surface area contributed by atoms with Gasteiger partial charge in [-0.25, -0.2) is 0 Å². The standard InChI is InChI=1S/C58H44N2O/c1-57(2)47-25-12-10-24-45(47)46-31-30-41(36-50(46)57)59(51-27-14-11-22-42(51)37-17-6-5-7-18-37)40-21-16-20-39(35-40)44-32-33-49-55-56(44)61-53-34-29-38-19-8-9-23-43(38)54(53)60(55)52-28-15-13-26-48(52)58(49,3)4/h5-36H,1-4H3. The van der Waals surface area contributed by atoms with Crippen molar-refractivity contribution in [3.05, 3.63) is 216 Å². The first-order valence-corrected chi connectivity index (χ1v) is 21.4. The van der Waals surface area contributed by atoms with E-state index in [0.717, 1.165) is 51.1 Å². The fourth-order valence-corrected chi connectivity index (χ4v) is 10.6. The van der Waals surface area contributed by atoms with Crippen LogP contribution in [0.15, 0.2) is 194 Å². The minimum atomic E-state index is -0.248. The van der Waals surface area contributed by atoms with Crippen LogP contribution in [0, 0.1) is 0 Å². The molecule has 3 nitrogen and oxygen atoms in total. The van der Waals surface area contributed by atoms with Crippen LogP contribution in [0.25, 0.3) is 44.2 Å². The normalized spacial score (nSPS) is 14.6. The number of benzene rings is 9. The summed E-state index contributed by atoms with van der Waals surface area (Å²) in [5, 5.41) is 2.36. The summed E-state index contributed by atoms with van der Waals surface area (Å²) in [4.78, 5) is 4.93. The van der Waals surface area contributed by atoms with E-state index >= 15 is 0 Å². The Balaban J connectivity index is 1.07. The van der Waals surface area contributed by atoms with E-state index < -0.39 is 0 Å². The number of hydrogen-bond donors (Lipinski definition) is 0. The maximum absolute atomic E-state index is 7.22. The Hall–Kier alpha value is -7.36. The molecule has 9 aromatic rings. The summed E-state index contributed by atoms with van der Waals surface area (Å²) in [5.41, 5.74) is 18.7. The first-order valence-electron chi connectivity index (χ1n) is 21.4. The average molecular weight is 785 g/mol. The number of ether oxygens (including phenoxy) is 1. The zero-order valence-electron chi connectivity index (χ0n) is 34.8. The summed E-state index contributed by atoms with van der Waals surface area (Å²) >= 11 is 0. The summed E-state index contributed by atoms with van der Waals surface area (Å²) in [6, 6.07) is 71.0. The molecule has 0 atom stereocenters. The Kier molecular flexibility index (Phi) is 7.62. The van der Waals surface area contributed by atoms with Gasteiger partial charge >= 0.3 is 0 Å². The molecule has 0 saturated carbocycles. The predicted octanol–water partition coefficient (Wildman–Crippen LogP) is 16.2. The van der Waals surface area contributed by atoms with Gasteiger partial charge in [-0.1, -0.05) is 179 Å². The highest BCUT2D eigenvalue weighted by molar-refractivity contribution is 6.07. The molecule has 0 aromatic heterocycles. The third kappa shape index (κ3) is 5.17. The Morgan fingerprint density at radius 2 is 1.08 bits per heavy atom. The summed E-state index contributed by atoms with van der Waals surface area (Å²) < 4.78 is 7.22. The number of hydrogen-bond acceptors (Lipinski definition) is 3. The van der Waals surface area contributed by atoms with Crippen molar-refractivity contribution in [1.82, 2.24) is 0 Å². The Morgan fingerprint density at radius 1 is 0.426 bits per heavy atom. The highest BCUT2D eigenvalue weighted by atomic mass is 16.5. The summed E-state index contributed by atoms with van der Waals surface area (Å²) in [5.74, 6) is 1.74. The number of para-hydroxylation sites is 2. The van der Waals surface area contributed by atoms with Crippen molar-refractivity contribution in [2.75, 3.05) is 9.80 Å². The molecule has 0 saturated heterocycles. The molecule has 0 fully saturated rings. The molecule has 0 unspecified atom stereocenters. The van der Waals surface area contributed by atoms with Crippen molar-refractivity contribution in [3.63, 3.8) is 0 Å². The van der Waals surface area contributed by atoms with Gasteiger partial charge in [0, 0.05) is 38.7 Å². The minimum absolute atomic E-state index is 0.141. The zero-order valence-corrected chi connectivity index (χ0v) is 34.8. The van der Waals surface area contributed by atoms with Crippen molar-refractivity contribution >= 4 is 44.9 Å². The van der Waals surface area contributed by atoms with E-state index in [1.54, 1.807) is 0 Å². The largest absolute Gasteiger partial charge is 0.452 e. The number of rotatable bonds is 5. The molecule has 0 radical (unpaired) electrons. The molecule has 3 aliphatic rings. The van der Waals surface area contributed by atoms with Crippen LogP contribution in [0.5, 0.6) is 11.5 Å². The van der Waals surface area contributed by atoms with Gasteiger partial charge in [-0.05, 0) is 92.4 Å². The van der Waals surface area contributed by atoms with E-state index in [0.29, 0.717) is 0 Å². The highest BCUT2D eigenvalue weighted by Crippen LogP contribution is 2.63. The third-order valence-corrected chi connectivity index (χ3v) is 13.6. The van der Waals surface area contributed by atoms with Gasteiger partial charge in [0.1, 0.15) is 0 Å². The molecule has 12 rings (SSSR count). The maximum atomic E-state index is 7.22. The van der Waals surface area contributed by atoms with Crippen LogP contribution < -0.4 is 14.5 Å². The van der Waals surface area contributed by atoms with E-state index in [1.807, 2.05) is 0 Å². The molecule has 2 aliphatic heterocycles. The van der Waals surface area contributed by atoms with E-state index in [9.17, 15) is 0 Å². The van der Waals surface area contributed by atoms with E-state index in [-0.39, 0.29) is 10.8 Å². The number of nitrogens with zero attached hydrogens (tertiary/aromatic N) is 2. The lowest BCUT2D eigenvalue weighted by atomic mass is 9.72. The molecule has 9 aromatic carbocycles. The second-order valence-electron chi connectivity index (χ2n) is 17.7. The zero-order chi connectivity index (χ0) is 41.0. The molecule has 2 heterocycles. The van der Waals surface area contributed by atoms with Gasteiger partial charge in [0.25, 0.3) is 0 Å². The van der Waals surface area contributed by atoms with Gasteiger partial charge in [-0.2, -0.15) is 0 Å². The first-order chi connectivity index (χ1) is 29.8. The van der Waals surface area contributed by atoms with E-state index in [2.05, 4.69) is 232 Å². The third-order valence-electron chi connectivity index (χ3n) is 13.6. The fourth-order valence-electron chi connectivity index (χ4n) is 10.6. The number of anilines is 6. The predicted molar refractivity (Wildman–Crippen MR) is 254 cm³/mol. The van der Waals surface area contributed by atoms with Crippen molar-refractivity contribution in [3.8, 4) is 44.9 Å². The van der Waals surface area contributed by atoms with Crippen LogP contribution in [0.3, 0.4) is 0 Å². The lowest BCUT2D eigenvalue weighted by Gasteiger charge is -2.45.